The molecule has 7 heteroatoms. The molecule has 0 saturated heterocycles. The third-order valence-corrected chi connectivity index (χ3v) is 4.27. The Labute approximate surface area is 162 Å². The molecular weight excluding hydrogens is 439 g/mol. The van der Waals surface area contributed by atoms with Gasteiger partial charge in [-0.3, -0.25) is 4.99 Å². The highest BCUT2D eigenvalue weighted by Crippen LogP contribution is 2.49. The van der Waals surface area contributed by atoms with Gasteiger partial charge in [-0.2, -0.15) is 0 Å². The van der Waals surface area contributed by atoms with Crippen LogP contribution in [0.25, 0.3) is 0 Å². The van der Waals surface area contributed by atoms with E-state index >= 15 is 0 Å². The number of methoxy groups -OCH3 is 1. The maximum Gasteiger partial charge on any atom is 0.193 e. The molecular formula is C18H20F2IN3O. The number of benzene rings is 2. The van der Waals surface area contributed by atoms with Gasteiger partial charge in [0.2, 0.25) is 0 Å². The highest BCUT2D eigenvalue weighted by molar-refractivity contribution is 14.0. The van der Waals surface area contributed by atoms with Gasteiger partial charge >= 0.3 is 0 Å². The summed E-state index contributed by atoms with van der Waals surface area (Å²) in [6.07, 6.45) is 1.63. The van der Waals surface area contributed by atoms with E-state index in [0.717, 1.165) is 30.3 Å². The number of rotatable bonds is 5. The van der Waals surface area contributed by atoms with Crippen LogP contribution in [0.4, 0.5) is 14.5 Å². The summed E-state index contributed by atoms with van der Waals surface area (Å²) in [5, 5.41) is 2.99. The molecule has 134 valence electrons. The number of nitrogens with zero attached hydrogens (tertiary/aromatic N) is 1. The van der Waals surface area contributed by atoms with E-state index in [9.17, 15) is 8.78 Å². The number of nitrogens with one attached hydrogen (secondary N) is 1. The number of ether oxygens (including phenoxy) is 1. The molecule has 4 nitrogen and oxygen atoms in total. The van der Waals surface area contributed by atoms with Crippen molar-refractivity contribution in [3.05, 3.63) is 59.7 Å². The van der Waals surface area contributed by atoms with Crippen molar-refractivity contribution >= 4 is 35.6 Å². The molecule has 0 unspecified atom stereocenters. The number of hydrogen-bond acceptors (Lipinski definition) is 2. The number of guanidine groups is 1. The van der Waals surface area contributed by atoms with Crippen LogP contribution >= 0.6 is 24.0 Å². The molecule has 1 fully saturated rings. The van der Waals surface area contributed by atoms with Gasteiger partial charge in [0, 0.05) is 17.2 Å². The zero-order valence-electron chi connectivity index (χ0n) is 13.8. The minimum Gasteiger partial charge on any atom is -0.497 e. The lowest BCUT2D eigenvalue weighted by atomic mass is 9.95. The highest BCUT2D eigenvalue weighted by Gasteiger charge is 2.46. The second-order valence-electron chi connectivity index (χ2n) is 5.96. The summed E-state index contributed by atoms with van der Waals surface area (Å²) >= 11 is 0. The fraction of sp³-hybridized carbons (Fsp3) is 0.278. The van der Waals surface area contributed by atoms with E-state index in [-0.39, 0.29) is 35.4 Å². The minimum absolute atomic E-state index is 0. The molecule has 0 heterocycles. The van der Waals surface area contributed by atoms with Gasteiger partial charge in [-0.1, -0.05) is 6.07 Å². The van der Waals surface area contributed by atoms with E-state index in [1.807, 2.05) is 24.3 Å². The van der Waals surface area contributed by atoms with Gasteiger partial charge < -0.3 is 15.8 Å². The summed E-state index contributed by atoms with van der Waals surface area (Å²) in [6, 6.07) is 11.0. The molecule has 0 amide bonds. The number of halogens is 3. The van der Waals surface area contributed by atoms with Crippen molar-refractivity contribution in [1.82, 2.24) is 0 Å². The highest BCUT2D eigenvalue weighted by atomic mass is 127. The van der Waals surface area contributed by atoms with E-state index in [4.69, 9.17) is 10.5 Å². The Balaban J connectivity index is 0.00000225. The number of anilines is 1. The van der Waals surface area contributed by atoms with E-state index < -0.39 is 11.6 Å². The Morgan fingerprint density at radius 2 is 1.88 bits per heavy atom. The molecule has 1 saturated carbocycles. The minimum atomic E-state index is -0.573. The first-order valence-electron chi connectivity index (χ1n) is 7.69. The van der Waals surface area contributed by atoms with Crippen LogP contribution in [0.2, 0.25) is 0 Å². The van der Waals surface area contributed by atoms with Crippen LogP contribution in [0.15, 0.2) is 47.5 Å². The fourth-order valence-electron chi connectivity index (χ4n) is 2.68. The summed E-state index contributed by atoms with van der Waals surface area (Å²) in [5.74, 6) is -0.0886. The van der Waals surface area contributed by atoms with Crippen LogP contribution in [0.5, 0.6) is 5.75 Å². The van der Waals surface area contributed by atoms with Gasteiger partial charge in [-0.15, -0.1) is 24.0 Å². The van der Waals surface area contributed by atoms with E-state index in [0.29, 0.717) is 12.1 Å². The Hall–Kier alpha value is -1.90. The van der Waals surface area contributed by atoms with E-state index in [2.05, 4.69) is 10.3 Å². The maximum atomic E-state index is 14.0. The van der Waals surface area contributed by atoms with Gasteiger partial charge in [0.1, 0.15) is 17.4 Å². The maximum absolute atomic E-state index is 14.0. The SMILES string of the molecule is COc1ccc(NC(N)=NCC2(c3ccc(F)cc3F)CC2)cc1.I. The number of nitrogens with two attached hydrogens (primary N) is 1. The van der Waals surface area contributed by atoms with Crippen LogP contribution in [0.1, 0.15) is 18.4 Å². The van der Waals surface area contributed by atoms with Crippen molar-refractivity contribution < 1.29 is 13.5 Å². The Morgan fingerprint density at radius 3 is 2.44 bits per heavy atom. The van der Waals surface area contributed by atoms with Gasteiger partial charge in [0.25, 0.3) is 0 Å². The molecule has 1 aliphatic rings. The Morgan fingerprint density at radius 1 is 1.20 bits per heavy atom. The van der Waals surface area contributed by atoms with Crippen molar-refractivity contribution in [2.24, 2.45) is 10.7 Å². The third-order valence-electron chi connectivity index (χ3n) is 4.27. The molecule has 0 radical (unpaired) electrons. The first-order valence-corrected chi connectivity index (χ1v) is 7.69. The average molecular weight is 459 g/mol. The van der Waals surface area contributed by atoms with Crippen LogP contribution in [-0.4, -0.2) is 19.6 Å². The molecule has 25 heavy (non-hydrogen) atoms. The molecule has 3 rings (SSSR count). The van der Waals surface area contributed by atoms with E-state index in [1.54, 1.807) is 7.11 Å². The smallest absolute Gasteiger partial charge is 0.193 e. The normalized spacial score (nSPS) is 15.2. The summed E-state index contributed by atoms with van der Waals surface area (Å²) in [7, 11) is 1.60. The van der Waals surface area contributed by atoms with Crippen molar-refractivity contribution in [3.8, 4) is 5.75 Å². The van der Waals surface area contributed by atoms with Gasteiger partial charge in [-0.05, 0) is 48.7 Å². The molecule has 1 aliphatic carbocycles. The molecule has 0 atom stereocenters. The summed E-state index contributed by atoms with van der Waals surface area (Å²) < 4.78 is 32.1. The summed E-state index contributed by atoms with van der Waals surface area (Å²) in [5.41, 5.74) is 6.83. The molecule has 0 spiro atoms. The number of aliphatic imine (C=N–C) groups is 1. The molecule has 3 N–H and O–H groups in total. The monoisotopic (exact) mass is 459 g/mol. The largest absolute Gasteiger partial charge is 0.497 e. The topological polar surface area (TPSA) is 59.6 Å². The quantitative estimate of drug-likeness (QED) is 0.403. The standard InChI is InChI=1S/C18H19F2N3O.HI/c1-24-14-5-3-13(4-6-14)23-17(21)22-11-18(8-9-18)15-7-2-12(19)10-16(15)20;/h2-7,10H,8-9,11H2,1H3,(H3,21,22,23);1H. The van der Waals surface area contributed by atoms with Gasteiger partial charge in [-0.25, -0.2) is 8.78 Å². The van der Waals surface area contributed by atoms with Crippen LogP contribution in [-0.2, 0) is 5.41 Å². The van der Waals surface area contributed by atoms with Gasteiger partial charge in [0.15, 0.2) is 5.96 Å². The molecule has 0 aromatic heterocycles. The van der Waals surface area contributed by atoms with Crippen LogP contribution < -0.4 is 15.8 Å². The third kappa shape index (κ3) is 4.59. The second-order valence-corrected chi connectivity index (χ2v) is 5.96. The first-order chi connectivity index (χ1) is 11.5. The van der Waals surface area contributed by atoms with Crippen molar-refractivity contribution in [2.75, 3.05) is 19.0 Å². The number of hydrogen-bond donors (Lipinski definition) is 2. The summed E-state index contributed by atoms with van der Waals surface area (Å²) in [4.78, 5) is 4.33. The van der Waals surface area contributed by atoms with Crippen molar-refractivity contribution in [3.63, 3.8) is 0 Å². The molecule has 0 bridgehead atoms. The average Bonchev–Trinajstić information content (AvgIpc) is 3.34. The lowest BCUT2D eigenvalue weighted by Crippen LogP contribution is -2.25. The Bertz CT molecular complexity index is 761. The van der Waals surface area contributed by atoms with Crippen molar-refractivity contribution in [1.29, 1.82) is 0 Å². The molecule has 2 aromatic carbocycles. The molecule has 0 aliphatic heterocycles. The van der Waals surface area contributed by atoms with Gasteiger partial charge in [0.05, 0.1) is 13.7 Å². The zero-order chi connectivity index (χ0) is 17.2. The zero-order valence-corrected chi connectivity index (χ0v) is 16.1. The van der Waals surface area contributed by atoms with Crippen LogP contribution in [0.3, 0.4) is 0 Å². The van der Waals surface area contributed by atoms with E-state index in [1.165, 1.54) is 12.1 Å². The lowest BCUT2D eigenvalue weighted by Gasteiger charge is -2.15. The molecule has 2 aromatic rings. The lowest BCUT2D eigenvalue weighted by molar-refractivity contribution is 0.415. The summed E-state index contributed by atoms with van der Waals surface area (Å²) in [6.45, 7) is 0.366. The predicted octanol–water partition coefficient (Wildman–Crippen LogP) is 4.05. The fourth-order valence-corrected chi connectivity index (χ4v) is 2.68. The first kappa shape index (κ1) is 19.4. The second kappa shape index (κ2) is 7.99. The van der Waals surface area contributed by atoms with Crippen molar-refractivity contribution in [2.45, 2.75) is 18.3 Å². The van der Waals surface area contributed by atoms with Crippen LogP contribution in [0, 0.1) is 11.6 Å². The Kier molecular flexibility index (Phi) is 6.21. The predicted molar refractivity (Wildman–Crippen MR) is 106 cm³/mol.